The first-order valence-electron chi connectivity index (χ1n) is 8.64. The van der Waals surface area contributed by atoms with Gasteiger partial charge < -0.3 is 9.26 Å². The van der Waals surface area contributed by atoms with Gasteiger partial charge in [0.1, 0.15) is 17.5 Å². The number of fused-ring (bicyclic) bond motifs is 3. The van der Waals surface area contributed by atoms with E-state index in [-0.39, 0.29) is 5.56 Å². The molecule has 26 heavy (non-hydrogen) atoms. The van der Waals surface area contributed by atoms with Gasteiger partial charge in [0.25, 0.3) is 5.56 Å². The molecule has 1 fully saturated rings. The van der Waals surface area contributed by atoms with Gasteiger partial charge in [-0.1, -0.05) is 11.2 Å². The Morgan fingerprint density at radius 1 is 1.35 bits per heavy atom. The first-order chi connectivity index (χ1) is 12.7. The van der Waals surface area contributed by atoms with Gasteiger partial charge in [-0.15, -0.1) is 0 Å². The van der Waals surface area contributed by atoms with Crippen molar-refractivity contribution in [1.29, 1.82) is 0 Å². The largest absolute Gasteiger partial charge is 0.493 e. The van der Waals surface area contributed by atoms with Crippen LogP contribution in [0.5, 0.6) is 5.75 Å². The number of imidazole rings is 1. The van der Waals surface area contributed by atoms with Crippen molar-refractivity contribution in [3.05, 3.63) is 40.8 Å². The van der Waals surface area contributed by atoms with Crippen LogP contribution in [0.3, 0.4) is 0 Å². The van der Waals surface area contributed by atoms with E-state index in [4.69, 9.17) is 9.26 Å². The second-order valence-electron chi connectivity index (χ2n) is 6.46. The smallest absolute Gasteiger partial charge is 0.265 e. The minimum absolute atomic E-state index is 0.149. The first-order valence-corrected chi connectivity index (χ1v) is 8.64. The van der Waals surface area contributed by atoms with Gasteiger partial charge in [0.05, 0.1) is 12.1 Å². The Kier molecular flexibility index (Phi) is 3.15. The van der Waals surface area contributed by atoms with E-state index < -0.39 is 0 Å². The van der Waals surface area contributed by atoms with E-state index in [1.807, 2.05) is 23.5 Å². The van der Waals surface area contributed by atoms with Crippen molar-refractivity contribution in [2.75, 3.05) is 6.61 Å². The van der Waals surface area contributed by atoms with Gasteiger partial charge in [0, 0.05) is 13.0 Å². The summed E-state index contributed by atoms with van der Waals surface area (Å²) in [4.78, 5) is 22.0. The van der Waals surface area contributed by atoms with Crippen LogP contribution in [0.25, 0.3) is 28.1 Å². The predicted octanol–water partition coefficient (Wildman–Crippen LogP) is 2.51. The molecule has 1 aliphatic rings. The van der Waals surface area contributed by atoms with Gasteiger partial charge in [-0.3, -0.25) is 13.8 Å². The zero-order valence-corrected chi connectivity index (χ0v) is 14.5. The van der Waals surface area contributed by atoms with Crippen LogP contribution >= 0.6 is 0 Å². The molecule has 1 aliphatic carbocycles. The molecule has 1 aromatic carbocycles. The maximum Gasteiger partial charge on any atom is 0.265 e. The lowest BCUT2D eigenvalue weighted by atomic mass is 10.2. The minimum Gasteiger partial charge on any atom is -0.493 e. The van der Waals surface area contributed by atoms with Crippen LogP contribution in [0.2, 0.25) is 0 Å². The lowest BCUT2D eigenvalue weighted by Gasteiger charge is -2.11. The van der Waals surface area contributed by atoms with Gasteiger partial charge in [-0.05, 0) is 31.9 Å². The minimum atomic E-state index is -0.149. The molecular weight excluding hydrogens is 334 g/mol. The number of ether oxygens (including phenoxy) is 1. The van der Waals surface area contributed by atoms with Crippen molar-refractivity contribution in [1.82, 2.24) is 24.1 Å². The summed E-state index contributed by atoms with van der Waals surface area (Å²) in [5.74, 6) is 1.98. The summed E-state index contributed by atoms with van der Waals surface area (Å²) in [7, 11) is 1.72. The Bertz CT molecular complexity index is 1200. The molecule has 0 spiro atoms. The van der Waals surface area contributed by atoms with Crippen molar-refractivity contribution in [3.8, 4) is 17.3 Å². The summed E-state index contributed by atoms with van der Waals surface area (Å²) in [6, 6.07) is 5.55. The predicted molar refractivity (Wildman–Crippen MR) is 94.4 cm³/mol. The van der Waals surface area contributed by atoms with Crippen molar-refractivity contribution in [2.45, 2.75) is 25.7 Å². The molecule has 0 unspecified atom stereocenters. The number of nitrogens with zero attached hydrogens (tertiary/aromatic N) is 5. The molecule has 0 radical (unpaired) electrons. The number of rotatable bonds is 4. The maximum atomic E-state index is 13.0. The van der Waals surface area contributed by atoms with Crippen LogP contribution in [0, 0.1) is 0 Å². The summed E-state index contributed by atoms with van der Waals surface area (Å²) in [5, 5.41) is 4.59. The van der Waals surface area contributed by atoms with Crippen LogP contribution in [-0.2, 0) is 7.05 Å². The Morgan fingerprint density at radius 2 is 2.19 bits per heavy atom. The van der Waals surface area contributed by atoms with Crippen molar-refractivity contribution in [2.24, 2.45) is 7.05 Å². The van der Waals surface area contributed by atoms with Crippen LogP contribution in [0.1, 0.15) is 31.6 Å². The molecule has 0 N–H and O–H groups in total. The molecule has 8 nitrogen and oxygen atoms in total. The molecule has 3 aromatic heterocycles. The molecule has 8 heteroatoms. The number of aromatic nitrogens is 5. The first kappa shape index (κ1) is 15.1. The summed E-state index contributed by atoms with van der Waals surface area (Å²) < 4.78 is 14.4. The average Bonchev–Trinajstić information content (AvgIpc) is 3.21. The second-order valence-corrected chi connectivity index (χ2v) is 6.46. The maximum absolute atomic E-state index is 13.0. The monoisotopic (exact) mass is 351 g/mol. The Balaban J connectivity index is 1.80. The lowest BCUT2D eigenvalue weighted by Crippen LogP contribution is -2.20. The molecular formula is C18H17N5O3. The van der Waals surface area contributed by atoms with Crippen LogP contribution in [0.15, 0.2) is 33.8 Å². The third-order valence-corrected chi connectivity index (χ3v) is 4.72. The lowest BCUT2D eigenvalue weighted by molar-refractivity contribution is 0.344. The zero-order chi connectivity index (χ0) is 17.8. The number of hydrogen-bond acceptors (Lipinski definition) is 6. The Morgan fingerprint density at radius 3 is 2.96 bits per heavy atom. The van der Waals surface area contributed by atoms with Crippen LogP contribution in [0.4, 0.5) is 0 Å². The SMILES string of the molecule is CCOc1cccc2c1c(=O)n(C)c1c(-c3noc(C4CC4)n3)ncn21. The molecule has 0 saturated heterocycles. The fourth-order valence-corrected chi connectivity index (χ4v) is 3.30. The molecule has 0 aliphatic heterocycles. The van der Waals surface area contributed by atoms with Crippen LogP contribution in [-0.4, -0.2) is 30.7 Å². The van der Waals surface area contributed by atoms with Crippen molar-refractivity contribution >= 4 is 16.6 Å². The van der Waals surface area contributed by atoms with Crippen molar-refractivity contribution in [3.63, 3.8) is 0 Å². The van der Waals surface area contributed by atoms with E-state index in [1.165, 1.54) is 0 Å². The molecule has 1 saturated carbocycles. The summed E-state index contributed by atoms with van der Waals surface area (Å²) in [6.45, 7) is 2.38. The van der Waals surface area contributed by atoms with E-state index in [9.17, 15) is 4.79 Å². The molecule has 5 rings (SSSR count). The van der Waals surface area contributed by atoms with E-state index in [2.05, 4.69) is 15.1 Å². The van der Waals surface area contributed by atoms with E-state index in [0.29, 0.717) is 46.7 Å². The molecule has 4 aromatic rings. The van der Waals surface area contributed by atoms with Gasteiger partial charge in [-0.2, -0.15) is 4.98 Å². The third-order valence-electron chi connectivity index (χ3n) is 4.72. The fourth-order valence-electron chi connectivity index (χ4n) is 3.30. The van der Waals surface area contributed by atoms with Gasteiger partial charge in [-0.25, -0.2) is 4.98 Å². The highest BCUT2D eigenvalue weighted by Gasteiger charge is 2.30. The van der Waals surface area contributed by atoms with Gasteiger partial charge in [0.15, 0.2) is 11.3 Å². The summed E-state index contributed by atoms with van der Waals surface area (Å²) in [6.07, 6.45) is 3.83. The molecule has 3 heterocycles. The van der Waals surface area contributed by atoms with E-state index >= 15 is 0 Å². The molecule has 132 valence electrons. The highest BCUT2D eigenvalue weighted by atomic mass is 16.5. The van der Waals surface area contributed by atoms with Crippen LogP contribution < -0.4 is 10.3 Å². The van der Waals surface area contributed by atoms with Crippen molar-refractivity contribution < 1.29 is 9.26 Å². The molecule has 0 atom stereocenters. The van der Waals surface area contributed by atoms with E-state index in [1.54, 1.807) is 24.0 Å². The Labute approximate surface area is 148 Å². The molecule has 0 amide bonds. The van der Waals surface area contributed by atoms with Gasteiger partial charge in [0.2, 0.25) is 11.7 Å². The Hall–Kier alpha value is -3.16. The molecule has 0 bridgehead atoms. The highest BCUT2D eigenvalue weighted by molar-refractivity contribution is 5.88. The van der Waals surface area contributed by atoms with E-state index in [0.717, 1.165) is 18.4 Å². The topological polar surface area (TPSA) is 87.5 Å². The average molecular weight is 351 g/mol. The number of aryl methyl sites for hydroxylation is 1. The quantitative estimate of drug-likeness (QED) is 0.561. The van der Waals surface area contributed by atoms with Gasteiger partial charge >= 0.3 is 0 Å². The number of benzene rings is 1. The zero-order valence-electron chi connectivity index (χ0n) is 14.5. The highest BCUT2D eigenvalue weighted by Crippen LogP contribution is 2.39. The second kappa shape index (κ2) is 5.42. The summed E-state index contributed by atoms with van der Waals surface area (Å²) in [5.41, 5.74) is 1.74. The normalized spacial score (nSPS) is 14.4. The number of hydrogen-bond donors (Lipinski definition) is 0. The third kappa shape index (κ3) is 2.08. The standard InChI is InChI=1S/C18H17N5O3/c1-3-25-12-6-4-5-11-13(12)18(24)22(2)17-14(19-9-23(11)17)15-20-16(26-21-15)10-7-8-10/h4-6,9-10H,3,7-8H2,1-2H3. The summed E-state index contributed by atoms with van der Waals surface area (Å²) >= 11 is 0. The fraction of sp³-hybridized carbons (Fsp3) is 0.333.